The molecule has 0 atom stereocenters. The van der Waals surface area contributed by atoms with Crippen molar-refractivity contribution in [2.45, 2.75) is 0 Å². The normalized spacial score (nSPS) is 10.8. The lowest BCUT2D eigenvalue weighted by Gasteiger charge is -2.11. The van der Waals surface area contributed by atoms with E-state index in [-0.39, 0.29) is 17.1 Å². The van der Waals surface area contributed by atoms with Crippen molar-refractivity contribution in [2.75, 3.05) is 5.32 Å². The fraction of sp³-hybridized carbons (Fsp3) is 0.0500. The number of nitro groups is 1. The van der Waals surface area contributed by atoms with Gasteiger partial charge in [0.25, 0.3) is 11.6 Å². The average molecular weight is 389 g/mol. The highest BCUT2D eigenvalue weighted by Gasteiger charge is 2.18. The summed E-state index contributed by atoms with van der Waals surface area (Å²) < 4.78 is 1.63. The van der Waals surface area contributed by atoms with E-state index in [0.29, 0.717) is 22.2 Å². The molecule has 0 aliphatic rings. The number of anilines is 1. The quantitative estimate of drug-likeness (QED) is 0.313. The monoisotopic (exact) mass is 389 g/mol. The van der Waals surface area contributed by atoms with Gasteiger partial charge in [-0.1, -0.05) is 18.2 Å². The van der Waals surface area contributed by atoms with E-state index in [1.807, 2.05) is 6.07 Å². The number of benzene rings is 2. The van der Waals surface area contributed by atoms with E-state index in [4.69, 9.17) is 0 Å². The molecule has 0 aliphatic carbocycles. The highest BCUT2D eigenvalue weighted by Crippen LogP contribution is 2.30. The zero-order valence-electron chi connectivity index (χ0n) is 15.2. The number of nitrogens with one attached hydrogen (secondary N) is 1. The molecule has 0 saturated heterocycles. The molecule has 0 bridgehead atoms. The van der Waals surface area contributed by atoms with Crippen LogP contribution in [-0.4, -0.2) is 30.7 Å². The minimum absolute atomic E-state index is 0.0481. The number of phenolic OH excluding ortho intramolecular Hbond substituents is 1. The molecule has 29 heavy (non-hydrogen) atoms. The number of carbonyl (C=O) groups is 1. The van der Waals surface area contributed by atoms with Crippen LogP contribution < -0.4 is 5.32 Å². The van der Waals surface area contributed by atoms with Crippen LogP contribution in [0.5, 0.6) is 5.75 Å². The molecule has 4 rings (SSSR count). The van der Waals surface area contributed by atoms with Crippen molar-refractivity contribution in [2.24, 2.45) is 7.05 Å². The maximum Gasteiger partial charge on any atom is 0.271 e. The van der Waals surface area contributed by atoms with E-state index in [0.717, 1.165) is 17.7 Å². The Balaban J connectivity index is 1.79. The molecule has 0 unspecified atom stereocenters. The van der Waals surface area contributed by atoms with Gasteiger partial charge in [-0.15, -0.1) is 0 Å². The van der Waals surface area contributed by atoms with Crippen molar-refractivity contribution in [3.8, 4) is 17.0 Å². The van der Waals surface area contributed by atoms with Crippen molar-refractivity contribution < 1.29 is 14.8 Å². The lowest BCUT2D eigenvalue weighted by Crippen LogP contribution is -2.13. The molecule has 0 saturated carbocycles. The summed E-state index contributed by atoms with van der Waals surface area (Å²) in [7, 11) is 1.78. The lowest BCUT2D eigenvalue weighted by atomic mass is 10.0. The van der Waals surface area contributed by atoms with E-state index in [9.17, 15) is 20.0 Å². The van der Waals surface area contributed by atoms with E-state index < -0.39 is 10.8 Å². The maximum absolute atomic E-state index is 13.0. The zero-order valence-corrected chi connectivity index (χ0v) is 15.2. The lowest BCUT2D eigenvalue weighted by molar-refractivity contribution is -0.384. The van der Waals surface area contributed by atoms with Crippen LogP contribution in [-0.2, 0) is 7.05 Å². The molecule has 144 valence electrons. The second-order valence-corrected chi connectivity index (χ2v) is 6.39. The van der Waals surface area contributed by atoms with Crippen LogP contribution in [0.4, 0.5) is 11.4 Å². The first kappa shape index (κ1) is 18.1. The van der Waals surface area contributed by atoms with Crippen molar-refractivity contribution in [1.29, 1.82) is 0 Å². The van der Waals surface area contributed by atoms with Gasteiger partial charge in [0.15, 0.2) is 0 Å². The minimum atomic E-state index is -0.600. The molecular formula is C20H15N5O4. The molecule has 9 heteroatoms. The summed E-state index contributed by atoms with van der Waals surface area (Å²) >= 11 is 0. The summed E-state index contributed by atoms with van der Waals surface area (Å²) in [5.41, 5.74) is 1.94. The second kappa shape index (κ2) is 7.04. The van der Waals surface area contributed by atoms with Gasteiger partial charge in [-0.05, 0) is 18.2 Å². The van der Waals surface area contributed by atoms with Gasteiger partial charge in [-0.3, -0.25) is 19.6 Å². The Bertz CT molecular complexity index is 1260. The summed E-state index contributed by atoms with van der Waals surface area (Å²) in [6.07, 6.45) is 3.43. The Morgan fingerprint density at radius 2 is 2.00 bits per heavy atom. The van der Waals surface area contributed by atoms with E-state index in [1.54, 1.807) is 48.4 Å². The molecule has 2 aromatic heterocycles. The van der Waals surface area contributed by atoms with Gasteiger partial charge in [0.05, 0.1) is 33.6 Å². The number of rotatable bonds is 4. The number of hydrogen-bond donors (Lipinski definition) is 2. The zero-order chi connectivity index (χ0) is 20.5. The Kier molecular flexibility index (Phi) is 4.40. The second-order valence-electron chi connectivity index (χ2n) is 6.39. The largest absolute Gasteiger partial charge is 0.506 e. The number of nitrogens with zero attached hydrogens (tertiary/aromatic N) is 4. The number of aromatic nitrogens is 3. The summed E-state index contributed by atoms with van der Waals surface area (Å²) in [6.45, 7) is 0. The predicted molar refractivity (Wildman–Crippen MR) is 107 cm³/mol. The highest BCUT2D eigenvalue weighted by molar-refractivity contribution is 6.13. The van der Waals surface area contributed by atoms with Crippen LogP contribution in [0.3, 0.4) is 0 Å². The van der Waals surface area contributed by atoms with Gasteiger partial charge in [0.1, 0.15) is 5.75 Å². The first-order chi connectivity index (χ1) is 13.9. The van der Waals surface area contributed by atoms with Crippen LogP contribution in [0.15, 0.2) is 60.9 Å². The Hall–Kier alpha value is -4.27. The molecule has 0 aliphatic heterocycles. The molecule has 2 N–H and O–H groups in total. The number of phenols is 1. The number of aryl methyl sites for hydroxylation is 1. The number of non-ortho nitro benzene ring substituents is 1. The van der Waals surface area contributed by atoms with Crippen LogP contribution >= 0.6 is 0 Å². The van der Waals surface area contributed by atoms with Gasteiger partial charge in [-0.2, -0.15) is 5.10 Å². The van der Waals surface area contributed by atoms with Gasteiger partial charge in [0, 0.05) is 36.3 Å². The number of aromatic hydroxyl groups is 1. The summed E-state index contributed by atoms with van der Waals surface area (Å²) in [5, 5.41) is 28.3. The summed E-state index contributed by atoms with van der Waals surface area (Å²) in [4.78, 5) is 28.0. The van der Waals surface area contributed by atoms with Crippen molar-refractivity contribution in [3.05, 3.63) is 76.6 Å². The maximum atomic E-state index is 13.0. The number of amides is 1. The first-order valence-electron chi connectivity index (χ1n) is 8.60. The number of pyridine rings is 1. The van der Waals surface area contributed by atoms with Crippen molar-refractivity contribution in [1.82, 2.24) is 14.8 Å². The number of hydrogen-bond acceptors (Lipinski definition) is 6. The Morgan fingerprint density at radius 3 is 2.72 bits per heavy atom. The molecule has 0 fully saturated rings. The Labute approximate surface area is 164 Å². The summed E-state index contributed by atoms with van der Waals surface area (Å²) in [6, 6.07) is 12.2. The molecule has 9 nitrogen and oxygen atoms in total. The van der Waals surface area contributed by atoms with E-state index in [2.05, 4.69) is 15.4 Å². The number of para-hydroxylation sites is 1. The molecule has 2 heterocycles. The third-order valence-corrected chi connectivity index (χ3v) is 4.40. The van der Waals surface area contributed by atoms with Crippen LogP contribution in [0.2, 0.25) is 0 Å². The van der Waals surface area contributed by atoms with Gasteiger partial charge >= 0.3 is 0 Å². The predicted octanol–water partition coefficient (Wildman–Crippen LogP) is 3.50. The minimum Gasteiger partial charge on any atom is -0.506 e. The first-order valence-corrected chi connectivity index (χ1v) is 8.60. The van der Waals surface area contributed by atoms with Gasteiger partial charge in [0.2, 0.25) is 0 Å². The summed E-state index contributed by atoms with van der Waals surface area (Å²) in [5.74, 6) is -0.792. The van der Waals surface area contributed by atoms with E-state index in [1.165, 1.54) is 6.07 Å². The fourth-order valence-electron chi connectivity index (χ4n) is 2.99. The topological polar surface area (TPSA) is 123 Å². The van der Waals surface area contributed by atoms with Crippen LogP contribution in [0.25, 0.3) is 22.2 Å². The third kappa shape index (κ3) is 3.48. The van der Waals surface area contributed by atoms with Crippen LogP contribution in [0, 0.1) is 10.1 Å². The van der Waals surface area contributed by atoms with E-state index >= 15 is 0 Å². The number of fused-ring (bicyclic) bond motifs is 1. The van der Waals surface area contributed by atoms with Gasteiger partial charge in [-0.25, -0.2) is 4.98 Å². The highest BCUT2D eigenvalue weighted by atomic mass is 16.6. The number of carbonyl (C=O) groups excluding carboxylic acids is 1. The fourth-order valence-corrected chi connectivity index (χ4v) is 2.99. The van der Waals surface area contributed by atoms with Crippen molar-refractivity contribution in [3.63, 3.8) is 0 Å². The third-order valence-electron chi connectivity index (χ3n) is 4.40. The average Bonchev–Trinajstić information content (AvgIpc) is 3.15. The molecule has 1 amide bonds. The SMILES string of the molecule is Cn1cc(-c2cc(C(=O)Nc3cc([N+](=O)[O-])ccc3O)c3ccccc3n2)cn1. The number of nitro benzene ring substituents is 1. The molecule has 4 aromatic rings. The molecular weight excluding hydrogens is 374 g/mol. The standard InChI is InChI=1S/C20H15N5O4/c1-24-11-12(10-21-24)17-9-15(14-4-2-3-5-16(14)22-17)20(27)23-18-8-13(25(28)29)6-7-19(18)26/h2-11,26H,1H3,(H,23,27). The molecule has 0 spiro atoms. The Morgan fingerprint density at radius 1 is 1.21 bits per heavy atom. The molecule has 2 aromatic carbocycles. The van der Waals surface area contributed by atoms with Crippen molar-refractivity contribution >= 4 is 28.2 Å². The molecule has 0 radical (unpaired) electrons. The van der Waals surface area contributed by atoms with Gasteiger partial charge < -0.3 is 10.4 Å². The van der Waals surface area contributed by atoms with Crippen LogP contribution in [0.1, 0.15) is 10.4 Å². The smallest absolute Gasteiger partial charge is 0.271 e.